The molecule has 1 atom stereocenters. The molecule has 0 spiro atoms. The van der Waals surface area contributed by atoms with Crippen molar-refractivity contribution in [1.82, 2.24) is 0 Å². The minimum Gasteiger partial charge on any atom is -0.481 e. The molecule has 0 bridgehead atoms. The minimum absolute atomic E-state index is 0.273. The molecule has 0 amide bonds. The van der Waals surface area contributed by atoms with Gasteiger partial charge in [-0.25, -0.2) is 0 Å². The molecule has 0 saturated heterocycles. The van der Waals surface area contributed by atoms with Crippen LogP contribution in [0, 0.1) is 5.92 Å². The molecule has 2 nitrogen and oxygen atoms in total. The molecule has 2 heteroatoms. The highest BCUT2D eigenvalue weighted by molar-refractivity contribution is 5.00. The molecule has 0 aromatic heterocycles. The Morgan fingerprint density at radius 3 is 2.00 bits per heavy atom. The molecule has 0 fully saturated rings. The highest BCUT2D eigenvalue weighted by Crippen LogP contribution is 2.14. The van der Waals surface area contributed by atoms with E-state index in [0.717, 1.165) is 6.42 Å². The molecule has 0 aliphatic heterocycles. The van der Waals surface area contributed by atoms with Crippen molar-refractivity contribution >= 4 is 0 Å². The van der Waals surface area contributed by atoms with Gasteiger partial charge in [0.1, 0.15) is 0 Å². The van der Waals surface area contributed by atoms with Gasteiger partial charge in [0.25, 0.3) is 5.95 Å². The standard InChI is InChI=1S/C7H14O2/c1-4-5(2)6(3)7(8)9/h5,8-9H,4H2,1-3H3. The summed E-state index contributed by atoms with van der Waals surface area (Å²) in [6, 6.07) is 0. The van der Waals surface area contributed by atoms with Gasteiger partial charge in [0.05, 0.1) is 0 Å². The van der Waals surface area contributed by atoms with Gasteiger partial charge in [-0.15, -0.1) is 0 Å². The zero-order valence-corrected chi connectivity index (χ0v) is 6.18. The quantitative estimate of drug-likeness (QED) is 0.563. The van der Waals surface area contributed by atoms with Crippen LogP contribution in [0.5, 0.6) is 0 Å². The van der Waals surface area contributed by atoms with Crippen molar-refractivity contribution in [1.29, 1.82) is 0 Å². The molecule has 0 aromatic carbocycles. The molecule has 9 heavy (non-hydrogen) atoms. The Morgan fingerprint density at radius 1 is 1.44 bits per heavy atom. The predicted molar refractivity (Wildman–Crippen MR) is 37.4 cm³/mol. The van der Waals surface area contributed by atoms with Crippen molar-refractivity contribution in [3.05, 3.63) is 11.5 Å². The third kappa shape index (κ3) is 2.40. The van der Waals surface area contributed by atoms with Gasteiger partial charge in [-0.3, -0.25) is 0 Å². The predicted octanol–water partition coefficient (Wildman–Crippen LogP) is 2.38. The summed E-state index contributed by atoms with van der Waals surface area (Å²) in [4.78, 5) is 0. The first-order valence-corrected chi connectivity index (χ1v) is 3.18. The van der Waals surface area contributed by atoms with E-state index in [0.29, 0.717) is 5.57 Å². The average Bonchev–Trinajstić information content (AvgIpc) is 1.84. The smallest absolute Gasteiger partial charge is 0.273 e. The first kappa shape index (κ1) is 8.34. The van der Waals surface area contributed by atoms with E-state index in [1.54, 1.807) is 6.92 Å². The van der Waals surface area contributed by atoms with E-state index in [4.69, 9.17) is 10.2 Å². The van der Waals surface area contributed by atoms with Crippen molar-refractivity contribution < 1.29 is 10.2 Å². The topological polar surface area (TPSA) is 40.5 Å². The zero-order valence-electron chi connectivity index (χ0n) is 6.18. The molecular formula is C7H14O2. The van der Waals surface area contributed by atoms with E-state index in [-0.39, 0.29) is 5.92 Å². The molecule has 0 rings (SSSR count). The van der Waals surface area contributed by atoms with Gasteiger partial charge >= 0.3 is 0 Å². The monoisotopic (exact) mass is 130 g/mol. The Hall–Kier alpha value is -0.660. The third-order valence-corrected chi connectivity index (χ3v) is 1.70. The van der Waals surface area contributed by atoms with Crippen molar-refractivity contribution in [2.75, 3.05) is 0 Å². The normalized spacial score (nSPS) is 12.8. The first-order valence-electron chi connectivity index (χ1n) is 3.18. The SMILES string of the molecule is CCC(C)C(C)=C(O)O. The number of hydrogen-bond acceptors (Lipinski definition) is 2. The summed E-state index contributed by atoms with van der Waals surface area (Å²) in [5.41, 5.74) is 0.664. The Labute approximate surface area is 55.8 Å². The fourth-order valence-electron chi connectivity index (χ4n) is 0.527. The summed E-state index contributed by atoms with van der Waals surface area (Å²) < 4.78 is 0. The lowest BCUT2D eigenvalue weighted by molar-refractivity contribution is 0.180. The fraction of sp³-hybridized carbons (Fsp3) is 0.714. The molecule has 0 radical (unpaired) electrons. The number of aliphatic hydroxyl groups excluding tert-OH is 1. The third-order valence-electron chi connectivity index (χ3n) is 1.70. The highest BCUT2D eigenvalue weighted by atomic mass is 16.5. The maximum atomic E-state index is 8.56. The molecule has 1 unspecified atom stereocenters. The van der Waals surface area contributed by atoms with E-state index >= 15 is 0 Å². The molecule has 0 aliphatic carbocycles. The first-order chi connectivity index (χ1) is 4.09. The summed E-state index contributed by atoms with van der Waals surface area (Å²) in [5, 5.41) is 17.1. The Balaban J connectivity index is 4.02. The van der Waals surface area contributed by atoms with Crippen LogP contribution < -0.4 is 0 Å². The van der Waals surface area contributed by atoms with E-state index in [1.807, 2.05) is 13.8 Å². The van der Waals surface area contributed by atoms with Crippen LogP contribution in [0.25, 0.3) is 0 Å². The van der Waals surface area contributed by atoms with Crippen LogP contribution >= 0.6 is 0 Å². The van der Waals surface area contributed by atoms with Crippen LogP contribution in [-0.2, 0) is 0 Å². The summed E-state index contributed by atoms with van der Waals surface area (Å²) in [5.74, 6) is -0.251. The Kier molecular flexibility index (Phi) is 3.13. The summed E-state index contributed by atoms with van der Waals surface area (Å²) in [6.45, 7) is 5.70. The maximum absolute atomic E-state index is 8.56. The molecule has 0 aromatic rings. The second kappa shape index (κ2) is 3.38. The van der Waals surface area contributed by atoms with E-state index in [1.165, 1.54) is 0 Å². The van der Waals surface area contributed by atoms with Crippen molar-refractivity contribution in [3.63, 3.8) is 0 Å². The fourth-order valence-corrected chi connectivity index (χ4v) is 0.527. The number of allylic oxidation sites excluding steroid dienone is 1. The number of aliphatic hydroxyl groups is 2. The van der Waals surface area contributed by atoms with E-state index < -0.39 is 5.95 Å². The Morgan fingerprint density at radius 2 is 1.89 bits per heavy atom. The lowest BCUT2D eigenvalue weighted by Crippen LogP contribution is -1.97. The van der Waals surface area contributed by atoms with Gasteiger partial charge in [-0.2, -0.15) is 0 Å². The summed E-state index contributed by atoms with van der Waals surface area (Å²) in [7, 11) is 0. The van der Waals surface area contributed by atoms with Gasteiger partial charge in [-0.05, 0) is 19.3 Å². The van der Waals surface area contributed by atoms with Crippen LogP contribution in [-0.4, -0.2) is 10.2 Å². The molecule has 0 heterocycles. The van der Waals surface area contributed by atoms with Crippen LogP contribution in [0.3, 0.4) is 0 Å². The molecule has 0 saturated carbocycles. The zero-order chi connectivity index (χ0) is 7.44. The molecule has 2 N–H and O–H groups in total. The largest absolute Gasteiger partial charge is 0.481 e. The van der Waals surface area contributed by atoms with Gasteiger partial charge in [-0.1, -0.05) is 13.8 Å². The van der Waals surface area contributed by atoms with Crippen LogP contribution in [0.15, 0.2) is 11.5 Å². The number of rotatable bonds is 2. The lowest BCUT2D eigenvalue weighted by atomic mass is 10.0. The minimum atomic E-state index is -0.524. The van der Waals surface area contributed by atoms with Gasteiger partial charge in [0.2, 0.25) is 0 Å². The van der Waals surface area contributed by atoms with Crippen molar-refractivity contribution in [2.45, 2.75) is 27.2 Å². The second-order valence-corrected chi connectivity index (χ2v) is 2.32. The molecule has 54 valence electrons. The van der Waals surface area contributed by atoms with Crippen molar-refractivity contribution in [3.8, 4) is 0 Å². The maximum Gasteiger partial charge on any atom is 0.273 e. The van der Waals surface area contributed by atoms with Gasteiger partial charge in [0.15, 0.2) is 0 Å². The van der Waals surface area contributed by atoms with Crippen LogP contribution in [0.2, 0.25) is 0 Å². The second-order valence-electron chi connectivity index (χ2n) is 2.32. The summed E-state index contributed by atoms with van der Waals surface area (Å²) in [6.07, 6.45) is 0.941. The molecular weight excluding hydrogens is 116 g/mol. The molecule has 0 aliphatic rings. The lowest BCUT2D eigenvalue weighted by Gasteiger charge is -2.07. The van der Waals surface area contributed by atoms with E-state index in [9.17, 15) is 0 Å². The average molecular weight is 130 g/mol. The van der Waals surface area contributed by atoms with Gasteiger partial charge in [0, 0.05) is 5.57 Å². The Bertz CT molecular complexity index is 112. The van der Waals surface area contributed by atoms with Crippen LogP contribution in [0.4, 0.5) is 0 Å². The van der Waals surface area contributed by atoms with Crippen molar-refractivity contribution in [2.24, 2.45) is 5.92 Å². The van der Waals surface area contributed by atoms with Crippen LogP contribution in [0.1, 0.15) is 27.2 Å². The summed E-state index contributed by atoms with van der Waals surface area (Å²) >= 11 is 0. The van der Waals surface area contributed by atoms with Gasteiger partial charge < -0.3 is 10.2 Å². The highest BCUT2D eigenvalue weighted by Gasteiger charge is 2.05. The number of hydrogen-bond donors (Lipinski definition) is 2. The van der Waals surface area contributed by atoms with E-state index in [2.05, 4.69) is 0 Å².